The highest BCUT2D eigenvalue weighted by Gasteiger charge is 2.50. The Labute approximate surface area is 237 Å². The molecule has 1 unspecified atom stereocenters. The topological polar surface area (TPSA) is 49.7 Å². The number of nitrogens with zero attached hydrogens (tertiary/aromatic N) is 2. The molecule has 204 valence electrons. The van der Waals surface area contributed by atoms with Crippen molar-refractivity contribution in [2.45, 2.75) is 91.8 Å². The molecule has 1 atom stereocenters. The van der Waals surface area contributed by atoms with Crippen molar-refractivity contribution in [1.29, 1.82) is 0 Å². The largest absolute Gasteiger partial charge is 0.308 e. The first-order chi connectivity index (χ1) is 18.0. The van der Waals surface area contributed by atoms with E-state index in [2.05, 4.69) is 34.6 Å². The molecule has 1 heterocycles. The SMILES string of the molecule is CCCC(CC)C(=O)c1ccc(CN2C(=O)C(c3cc(Cl)cc(Cl)c3)=NC23CCC(C(C)(C)C)CC3)cc1. The minimum atomic E-state index is -0.577. The molecule has 1 saturated carbocycles. The van der Waals surface area contributed by atoms with Gasteiger partial charge in [-0.05, 0) is 73.6 Å². The monoisotopic (exact) mass is 554 g/mol. The van der Waals surface area contributed by atoms with E-state index in [-0.39, 0.29) is 23.0 Å². The average molecular weight is 556 g/mol. The summed E-state index contributed by atoms with van der Waals surface area (Å²) in [5.41, 5.74) is 2.48. The molecule has 1 fully saturated rings. The van der Waals surface area contributed by atoms with Crippen molar-refractivity contribution in [3.8, 4) is 0 Å². The second-order valence-corrected chi connectivity index (χ2v) is 13.0. The second kappa shape index (κ2) is 11.5. The van der Waals surface area contributed by atoms with Crippen LogP contribution in [-0.2, 0) is 11.3 Å². The zero-order valence-corrected chi connectivity index (χ0v) is 24.8. The van der Waals surface area contributed by atoms with Crippen molar-refractivity contribution in [3.63, 3.8) is 0 Å². The van der Waals surface area contributed by atoms with Crippen molar-refractivity contribution < 1.29 is 9.59 Å². The van der Waals surface area contributed by atoms with E-state index in [0.717, 1.165) is 56.1 Å². The minimum Gasteiger partial charge on any atom is -0.308 e. The van der Waals surface area contributed by atoms with Crippen LogP contribution in [0.15, 0.2) is 47.5 Å². The Balaban J connectivity index is 1.62. The lowest BCUT2D eigenvalue weighted by Gasteiger charge is -2.44. The van der Waals surface area contributed by atoms with Crippen molar-refractivity contribution >= 4 is 40.6 Å². The van der Waals surface area contributed by atoms with Crippen LogP contribution in [0.25, 0.3) is 0 Å². The fourth-order valence-electron chi connectivity index (χ4n) is 6.12. The van der Waals surface area contributed by atoms with Crippen LogP contribution in [0.5, 0.6) is 0 Å². The van der Waals surface area contributed by atoms with Crippen LogP contribution in [0.3, 0.4) is 0 Å². The second-order valence-electron chi connectivity index (χ2n) is 12.1. The van der Waals surface area contributed by atoms with Gasteiger partial charge < -0.3 is 4.90 Å². The molecule has 0 saturated heterocycles. The molecule has 0 N–H and O–H groups in total. The van der Waals surface area contributed by atoms with Crippen LogP contribution < -0.4 is 0 Å². The van der Waals surface area contributed by atoms with Crippen LogP contribution in [-0.4, -0.2) is 28.0 Å². The van der Waals surface area contributed by atoms with Gasteiger partial charge in [-0.1, -0.05) is 88.5 Å². The highest BCUT2D eigenvalue weighted by atomic mass is 35.5. The van der Waals surface area contributed by atoms with Crippen LogP contribution in [0.1, 0.15) is 101 Å². The van der Waals surface area contributed by atoms with Crippen LogP contribution in [0.2, 0.25) is 10.0 Å². The van der Waals surface area contributed by atoms with Gasteiger partial charge >= 0.3 is 0 Å². The molecule has 0 radical (unpaired) electrons. The Kier molecular flexibility index (Phi) is 8.74. The Morgan fingerprint density at radius 2 is 1.66 bits per heavy atom. The van der Waals surface area contributed by atoms with Crippen LogP contribution >= 0.6 is 23.2 Å². The lowest BCUT2D eigenvalue weighted by Crippen LogP contribution is -2.49. The summed E-state index contributed by atoms with van der Waals surface area (Å²) in [6, 6.07) is 13.0. The quantitative estimate of drug-likeness (QED) is 0.306. The number of hydrogen-bond donors (Lipinski definition) is 0. The minimum absolute atomic E-state index is 0.0627. The summed E-state index contributed by atoms with van der Waals surface area (Å²) in [4.78, 5) is 34.0. The number of carbonyl (C=O) groups excluding carboxylic acids is 2. The van der Waals surface area contributed by atoms with Gasteiger partial charge in [-0.3, -0.25) is 14.6 Å². The maximum absolute atomic E-state index is 13.9. The molecule has 6 heteroatoms. The molecule has 2 aliphatic rings. The third-order valence-corrected chi connectivity index (χ3v) is 8.93. The smallest absolute Gasteiger partial charge is 0.274 e. The number of ketones is 1. The molecular formula is C32H40Cl2N2O2. The zero-order chi connectivity index (χ0) is 27.7. The molecular weight excluding hydrogens is 515 g/mol. The number of carbonyl (C=O) groups is 2. The first-order valence-electron chi connectivity index (χ1n) is 14.0. The molecule has 1 aliphatic carbocycles. The van der Waals surface area contributed by atoms with E-state index >= 15 is 0 Å². The summed E-state index contributed by atoms with van der Waals surface area (Å²) in [7, 11) is 0. The van der Waals surface area contributed by atoms with Gasteiger partial charge in [-0.2, -0.15) is 0 Å². The molecule has 2 aromatic carbocycles. The maximum Gasteiger partial charge on any atom is 0.274 e. The fraction of sp³-hybridized carbons (Fsp3) is 0.531. The zero-order valence-electron chi connectivity index (χ0n) is 23.3. The molecule has 38 heavy (non-hydrogen) atoms. The molecule has 1 aliphatic heterocycles. The molecule has 4 nitrogen and oxygen atoms in total. The van der Waals surface area contributed by atoms with Crippen LogP contribution in [0.4, 0.5) is 0 Å². The van der Waals surface area contributed by atoms with E-state index in [1.165, 1.54) is 0 Å². The van der Waals surface area contributed by atoms with Gasteiger partial charge in [-0.25, -0.2) is 0 Å². The molecule has 1 spiro atoms. The van der Waals surface area contributed by atoms with Gasteiger partial charge in [0.2, 0.25) is 0 Å². The Morgan fingerprint density at radius 1 is 1.05 bits per heavy atom. The third kappa shape index (κ3) is 6.02. The standard InChI is InChI=1S/C32H40Cl2N2O2/c1-6-8-22(7-2)29(37)23-11-9-21(10-12-23)20-36-30(38)28(24-17-26(33)19-27(34)18-24)35-32(36)15-13-25(14-16-32)31(3,4)5/h9-12,17-19,22,25H,6-8,13-16,20H2,1-5H3. The van der Waals surface area contributed by atoms with E-state index in [1.54, 1.807) is 18.2 Å². The normalized spacial score (nSPS) is 22.6. The Hall–Kier alpha value is -2.17. The summed E-state index contributed by atoms with van der Waals surface area (Å²) in [5.74, 6) is 0.767. The Morgan fingerprint density at radius 3 is 2.18 bits per heavy atom. The third-order valence-electron chi connectivity index (χ3n) is 8.50. The molecule has 0 aromatic heterocycles. The summed E-state index contributed by atoms with van der Waals surface area (Å²) >= 11 is 12.6. The number of rotatable bonds is 8. The summed E-state index contributed by atoms with van der Waals surface area (Å²) < 4.78 is 0. The predicted molar refractivity (Wildman–Crippen MR) is 157 cm³/mol. The number of hydrogen-bond acceptors (Lipinski definition) is 3. The predicted octanol–water partition coefficient (Wildman–Crippen LogP) is 8.77. The van der Waals surface area contributed by atoms with Crippen molar-refractivity contribution in [1.82, 2.24) is 4.90 Å². The molecule has 0 bridgehead atoms. The van der Waals surface area contributed by atoms with E-state index < -0.39 is 5.66 Å². The van der Waals surface area contributed by atoms with E-state index in [1.807, 2.05) is 29.2 Å². The Bertz CT molecular complexity index is 1180. The fourth-order valence-corrected chi connectivity index (χ4v) is 6.65. The molecule has 1 amide bonds. The molecule has 4 rings (SSSR count). The van der Waals surface area contributed by atoms with E-state index in [0.29, 0.717) is 33.8 Å². The van der Waals surface area contributed by atoms with Gasteiger partial charge in [0.15, 0.2) is 5.78 Å². The van der Waals surface area contributed by atoms with Crippen molar-refractivity contribution in [2.75, 3.05) is 0 Å². The van der Waals surface area contributed by atoms with Crippen LogP contribution in [0, 0.1) is 17.3 Å². The lowest BCUT2D eigenvalue weighted by atomic mass is 9.69. The van der Waals surface area contributed by atoms with E-state index in [4.69, 9.17) is 28.2 Å². The highest BCUT2D eigenvalue weighted by Crippen LogP contribution is 2.47. The summed E-state index contributed by atoms with van der Waals surface area (Å²) in [5, 5.41) is 0.973. The first-order valence-corrected chi connectivity index (χ1v) is 14.7. The number of aliphatic imine (C=N–C) groups is 1. The average Bonchev–Trinajstić information content (AvgIpc) is 3.12. The number of amides is 1. The van der Waals surface area contributed by atoms with Gasteiger partial charge in [0.1, 0.15) is 11.4 Å². The van der Waals surface area contributed by atoms with E-state index in [9.17, 15) is 9.59 Å². The lowest BCUT2D eigenvalue weighted by molar-refractivity contribution is -0.130. The number of Topliss-reactive ketones (excluding diaryl/α,β-unsaturated/α-hetero) is 1. The maximum atomic E-state index is 13.9. The van der Waals surface area contributed by atoms with Gasteiger partial charge in [0.05, 0.1) is 0 Å². The number of halogens is 2. The van der Waals surface area contributed by atoms with Crippen molar-refractivity contribution in [2.24, 2.45) is 22.2 Å². The first kappa shape index (κ1) is 28.8. The van der Waals surface area contributed by atoms with Gasteiger partial charge in [0, 0.05) is 33.6 Å². The summed E-state index contributed by atoms with van der Waals surface area (Å²) in [6.07, 6.45) is 6.44. The van der Waals surface area contributed by atoms with Crippen molar-refractivity contribution in [3.05, 3.63) is 69.2 Å². The number of benzene rings is 2. The molecule has 2 aromatic rings. The summed E-state index contributed by atoms with van der Waals surface area (Å²) in [6.45, 7) is 11.5. The highest BCUT2D eigenvalue weighted by molar-refractivity contribution is 6.47. The van der Waals surface area contributed by atoms with Gasteiger partial charge in [-0.15, -0.1) is 0 Å². The van der Waals surface area contributed by atoms with Gasteiger partial charge in [0.25, 0.3) is 5.91 Å².